The molecule has 21 heavy (non-hydrogen) atoms. The third kappa shape index (κ3) is 2.26. The molecule has 3 rings (SSSR count). The highest BCUT2D eigenvalue weighted by Crippen LogP contribution is 2.18. The Labute approximate surface area is 119 Å². The van der Waals surface area contributed by atoms with Crippen molar-refractivity contribution in [3.63, 3.8) is 0 Å². The number of carbonyl (C=O) groups excluding carboxylic acids is 1. The van der Waals surface area contributed by atoms with E-state index in [4.69, 9.17) is 5.11 Å². The van der Waals surface area contributed by atoms with Crippen LogP contribution in [-0.2, 0) is 4.79 Å². The van der Waals surface area contributed by atoms with Crippen LogP contribution in [0.5, 0.6) is 0 Å². The molecule has 1 saturated heterocycles. The van der Waals surface area contributed by atoms with Crippen LogP contribution in [0.1, 0.15) is 16.9 Å². The summed E-state index contributed by atoms with van der Waals surface area (Å²) in [6, 6.07) is 6.80. The molecule has 2 aromatic rings. The highest BCUT2D eigenvalue weighted by Gasteiger charge is 2.32. The number of nitrogens with one attached hydrogen (secondary N) is 1. The van der Waals surface area contributed by atoms with Crippen molar-refractivity contribution in [1.82, 2.24) is 15.1 Å². The molecular formula is C14H13N3O4. The van der Waals surface area contributed by atoms with E-state index in [9.17, 15) is 14.4 Å². The summed E-state index contributed by atoms with van der Waals surface area (Å²) in [7, 11) is 0. The molecule has 0 aliphatic carbocycles. The third-order valence-electron chi connectivity index (χ3n) is 3.70. The second kappa shape index (κ2) is 5.01. The number of amides is 1. The van der Waals surface area contributed by atoms with Crippen LogP contribution in [0.25, 0.3) is 10.9 Å². The lowest BCUT2D eigenvalue weighted by molar-refractivity contribution is -0.141. The Morgan fingerprint density at radius 1 is 1.33 bits per heavy atom. The maximum atomic E-state index is 12.3. The molecule has 2 N–H and O–H groups in total. The molecule has 2 heterocycles. The molecule has 7 heteroatoms. The fourth-order valence-electron chi connectivity index (χ4n) is 2.51. The highest BCUT2D eigenvalue weighted by molar-refractivity contribution is 5.95. The predicted octanol–water partition coefficient (Wildman–Crippen LogP) is 0.470. The minimum atomic E-state index is -0.925. The number of aromatic nitrogens is 2. The molecule has 108 valence electrons. The molecule has 1 aromatic carbocycles. The summed E-state index contributed by atoms with van der Waals surface area (Å²) < 4.78 is 0. The second-order valence-electron chi connectivity index (χ2n) is 5.02. The Hall–Kier alpha value is -2.70. The summed E-state index contributed by atoms with van der Waals surface area (Å²) in [5, 5.41) is 15.9. The number of carboxylic acids is 1. The van der Waals surface area contributed by atoms with E-state index in [0.717, 1.165) is 0 Å². The molecule has 1 aromatic heterocycles. The molecule has 1 aliphatic rings. The number of carboxylic acid groups (broad SMARTS) is 1. The molecule has 0 bridgehead atoms. The maximum absolute atomic E-state index is 12.3. The van der Waals surface area contributed by atoms with Crippen molar-refractivity contribution >= 4 is 22.8 Å². The number of aliphatic carboxylic acids is 1. The van der Waals surface area contributed by atoms with Crippen molar-refractivity contribution in [1.29, 1.82) is 0 Å². The smallest absolute Gasteiger partial charge is 0.308 e. The van der Waals surface area contributed by atoms with E-state index in [0.29, 0.717) is 23.9 Å². The van der Waals surface area contributed by atoms with E-state index in [1.807, 2.05) is 0 Å². The lowest BCUT2D eigenvalue weighted by Gasteiger charge is -2.14. The first-order valence-electron chi connectivity index (χ1n) is 6.57. The largest absolute Gasteiger partial charge is 0.481 e. The van der Waals surface area contributed by atoms with Gasteiger partial charge in [-0.05, 0) is 18.6 Å². The van der Waals surface area contributed by atoms with Crippen LogP contribution in [0.3, 0.4) is 0 Å². The number of nitrogens with zero attached hydrogens (tertiary/aromatic N) is 2. The quantitative estimate of drug-likeness (QED) is 0.835. The Morgan fingerprint density at radius 3 is 2.81 bits per heavy atom. The van der Waals surface area contributed by atoms with Gasteiger partial charge in [-0.25, -0.2) is 0 Å². The number of hydrogen-bond acceptors (Lipinski definition) is 4. The topological polar surface area (TPSA) is 103 Å². The molecule has 0 saturated carbocycles. The van der Waals surface area contributed by atoms with Gasteiger partial charge >= 0.3 is 5.97 Å². The van der Waals surface area contributed by atoms with Crippen LogP contribution in [0.15, 0.2) is 29.1 Å². The summed E-state index contributed by atoms with van der Waals surface area (Å²) in [5.74, 6) is -2.02. The molecule has 1 atom stereocenters. The lowest BCUT2D eigenvalue weighted by Crippen LogP contribution is -2.34. The standard InChI is InChI=1S/C14H13N3O4/c18-12-9-3-1-2-4-10(9)15-16-11(12)13(19)17-6-5-8(7-17)14(20)21/h1-4,8H,5-7H2,(H,15,18)(H,20,21)/t8-/m1/s1. The summed E-state index contributed by atoms with van der Waals surface area (Å²) >= 11 is 0. The van der Waals surface area contributed by atoms with Crippen molar-refractivity contribution < 1.29 is 14.7 Å². The minimum Gasteiger partial charge on any atom is -0.481 e. The Kier molecular flexibility index (Phi) is 3.17. The first-order chi connectivity index (χ1) is 10.1. The molecule has 0 spiro atoms. The summed E-state index contributed by atoms with van der Waals surface area (Å²) in [6.07, 6.45) is 0.395. The monoisotopic (exact) mass is 287 g/mol. The van der Waals surface area contributed by atoms with E-state index in [-0.39, 0.29) is 12.2 Å². The summed E-state index contributed by atoms with van der Waals surface area (Å²) in [5.41, 5.74) is -0.0725. The number of para-hydroxylation sites is 1. The van der Waals surface area contributed by atoms with Crippen LogP contribution < -0.4 is 5.43 Å². The van der Waals surface area contributed by atoms with Gasteiger partial charge in [0, 0.05) is 18.5 Å². The lowest BCUT2D eigenvalue weighted by atomic mass is 10.1. The molecule has 7 nitrogen and oxygen atoms in total. The second-order valence-corrected chi connectivity index (χ2v) is 5.02. The average Bonchev–Trinajstić information content (AvgIpc) is 2.97. The average molecular weight is 287 g/mol. The van der Waals surface area contributed by atoms with Crippen LogP contribution >= 0.6 is 0 Å². The SMILES string of the molecule is O=C(O)[C@@H]1CCN(C(=O)c2n[nH]c3ccccc3c2=O)C1. The van der Waals surface area contributed by atoms with Crippen molar-refractivity contribution in [3.05, 3.63) is 40.2 Å². The number of rotatable bonds is 2. The Bertz CT molecular complexity index is 783. The van der Waals surface area contributed by atoms with Crippen LogP contribution in [0.2, 0.25) is 0 Å². The van der Waals surface area contributed by atoms with E-state index >= 15 is 0 Å². The van der Waals surface area contributed by atoms with Gasteiger partial charge < -0.3 is 10.0 Å². The third-order valence-corrected chi connectivity index (χ3v) is 3.70. The molecule has 0 radical (unpaired) electrons. The van der Waals surface area contributed by atoms with Gasteiger partial charge in [0.1, 0.15) is 0 Å². The van der Waals surface area contributed by atoms with Gasteiger partial charge in [-0.15, -0.1) is 0 Å². The van der Waals surface area contributed by atoms with Gasteiger partial charge in [0.15, 0.2) is 5.69 Å². The fourth-order valence-corrected chi connectivity index (χ4v) is 2.51. The number of hydrogen-bond donors (Lipinski definition) is 2. The number of H-pyrrole nitrogens is 1. The molecule has 1 amide bonds. The zero-order valence-electron chi connectivity index (χ0n) is 11.1. The van der Waals surface area contributed by atoms with Gasteiger partial charge in [0.25, 0.3) is 5.91 Å². The van der Waals surface area contributed by atoms with Crippen molar-refractivity contribution in [2.75, 3.05) is 13.1 Å². The number of carbonyl (C=O) groups is 2. The van der Waals surface area contributed by atoms with E-state index in [1.54, 1.807) is 24.3 Å². The number of aromatic amines is 1. The molecule has 0 unspecified atom stereocenters. The normalized spacial score (nSPS) is 18.1. The number of benzene rings is 1. The van der Waals surface area contributed by atoms with Gasteiger partial charge in [0.2, 0.25) is 5.43 Å². The zero-order chi connectivity index (χ0) is 15.0. The van der Waals surface area contributed by atoms with Crippen molar-refractivity contribution in [2.24, 2.45) is 5.92 Å². The summed E-state index contributed by atoms with van der Waals surface area (Å²) in [4.78, 5) is 36.9. The number of likely N-dealkylation sites (tertiary alicyclic amines) is 1. The minimum absolute atomic E-state index is 0.113. The maximum Gasteiger partial charge on any atom is 0.308 e. The molecule has 1 fully saturated rings. The molecular weight excluding hydrogens is 274 g/mol. The zero-order valence-corrected chi connectivity index (χ0v) is 11.1. The van der Waals surface area contributed by atoms with Gasteiger partial charge in [-0.1, -0.05) is 12.1 Å². The van der Waals surface area contributed by atoms with Gasteiger partial charge in [0.05, 0.1) is 11.4 Å². The van der Waals surface area contributed by atoms with E-state index < -0.39 is 23.2 Å². The fraction of sp³-hybridized carbons (Fsp3) is 0.286. The highest BCUT2D eigenvalue weighted by atomic mass is 16.4. The summed E-state index contributed by atoms with van der Waals surface area (Å²) in [6.45, 7) is 0.436. The first kappa shape index (κ1) is 13.3. The van der Waals surface area contributed by atoms with Crippen molar-refractivity contribution in [2.45, 2.75) is 6.42 Å². The van der Waals surface area contributed by atoms with Crippen molar-refractivity contribution in [3.8, 4) is 0 Å². The van der Waals surface area contributed by atoms with Gasteiger partial charge in [-0.3, -0.25) is 19.5 Å². The Balaban J connectivity index is 1.94. The Morgan fingerprint density at radius 2 is 2.10 bits per heavy atom. The van der Waals surface area contributed by atoms with Crippen LogP contribution in [0, 0.1) is 5.92 Å². The van der Waals surface area contributed by atoms with Crippen LogP contribution in [0.4, 0.5) is 0 Å². The van der Waals surface area contributed by atoms with Crippen LogP contribution in [-0.4, -0.2) is 45.2 Å². The number of fused-ring (bicyclic) bond motifs is 1. The van der Waals surface area contributed by atoms with Gasteiger partial charge in [-0.2, -0.15) is 5.10 Å². The predicted molar refractivity (Wildman–Crippen MR) is 74.0 cm³/mol. The van der Waals surface area contributed by atoms with E-state index in [1.165, 1.54) is 4.90 Å². The first-order valence-corrected chi connectivity index (χ1v) is 6.57. The van der Waals surface area contributed by atoms with E-state index in [2.05, 4.69) is 10.2 Å². The molecule has 1 aliphatic heterocycles.